The number of hydrogen-bond donors (Lipinski definition) is 1. The van der Waals surface area contributed by atoms with Gasteiger partial charge in [-0.2, -0.15) is 0 Å². The van der Waals surface area contributed by atoms with Crippen LogP contribution in [0.1, 0.15) is 27.7 Å². The predicted molar refractivity (Wildman–Crippen MR) is 92.2 cm³/mol. The van der Waals surface area contributed by atoms with E-state index in [1.165, 1.54) is 4.90 Å². The molecule has 1 N–H and O–H groups in total. The van der Waals surface area contributed by atoms with Gasteiger partial charge in [0.2, 0.25) is 5.76 Å². The van der Waals surface area contributed by atoms with Crippen LogP contribution < -0.4 is 5.43 Å². The topological polar surface area (TPSA) is 70.8 Å². The summed E-state index contributed by atoms with van der Waals surface area (Å²) in [6, 6.07) is 11.1. The van der Waals surface area contributed by atoms with Crippen molar-refractivity contribution in [1.29, 1.82) is 0 Å². The number of aromatic hydroxyl groups is 1. The third kappa shape index (κ3) is 2.06. The Hall–Kier alpha value is -2.60. The van der Waals surface area contributed by atoms with Crippen LogP contribution in [0.3, 0.4) is 0 Å². The van der Waals surface area contributed by atoms with Crippen LogP contribution >= 0.6 is 15.9 Å². The number of benzene rings is 2. The van der Waals surface area contributed by atoms with Crippen LogP contribution in [0.4, 0.5) is 0 Å². The first kappa shape index (κ1) is 15.0. The second-order valence-corrected chi connectivity index (χ2v) is 6.64. The van der Waals surface area contributed by atoms with Crippen LogP contribution in [0.25, 0.3) is 11.0 Å². The minimum Gasteiger partial charge on any atom is -0.508 e. The van der Waals surface area contributed by atoms with E-state index in [2.05, 4.69) is 15.9 Å². The van der Waals surface area contributed by atoms with Crippen molar-refractivity contribution in [2.75, 3.05) is 7.05 Å². The molecule has 0 aliphatic carbocycles. The molecule has 1 unspecified atom stereocenters. The first-order chi connectivity index (χ1) is 11.5. The average Bonchev–Trinajstić information content (AvgIpc) is 2.81. The lowest BCUT2D eigenvalue weighted by Gasteiger charge is -2.20. The molecule has 6 heteroatoms. The highest BCUT2D eigenvalue weighted by atomic mass is 79.9. The quantitative estimate of drug-likeness (QED) is 0.696. The molecule has 0 spiro atoms. The van der Waals surface area contributed by atoms with Crippen molar-refractivity contribution in [2.45, 2.75) is 6.04 Å². The van der Waals surface area contributed by atoms with Gasteiger partial charge in [0.05, 0.1) is 17.0 Å². The van der Waals surface area contributed by atoms with E-state index in [0.29, 0.717) is 22.1 Å². The van der Waals surface area contributed by atoms with Crippen molar-refractivity contribution in [3.63, 3.8) is 0 Å². The number of amides is 1. The molecule has 3 aromatic rings. The number of phenols is 1. The normalized spacial score (nSPS) is 16.7. The van der Waals surface area contributed by atoms with E-state index in [1.807, 2.05) is 0 Å². The zero-order chi connectivity index (χ0) is 17.0. The average molecular weight is 386 g/mol. The third-order valence-electron chi connectivity index (χ3n) is 4.25. The zero-order valence-electron chi connectivity index (χ0n) is 12.6. The van der Waals surface area contributed by atoms with Crippen molar-refractivity contribution in [2.24, 2.45) is 0 Å². The molecule has 4 rings (SSSR count). The maximum absolute atomic E-state index is 13.0. The van der Waals surface area contributed by atoms with Gasteiger partial charge < -0.3 is 14.4 Å². The van der Waals surface area contributed by atoms with E-state index in [9.17, 15) is 14.7 Å². The van der Waals surface area contributed by atoms with Crippen LogP contribution in [0.15, 0.2) is 56.1 Å². The summed E-state index contributed by atoms with van der Waals surface area (Å²) < 4.78 is 6.49. The van der Waals surface area contributed by atoms with Crippen LogP contribution in [-0.2, 0) is 0 Å². The van der Waals surface area contributed by atoms with E-state index in [1.54, 1.807) is 49.5 Å². The first-order valence-corrected chi connectivity index (χ1v) is 8.09. The Morgan fingerprint density at radius 2 is 1.96 bits per heavy atom. The molecule has 0 radical (unpaired) electrons. The minimum absolute atomic E-state index is 0.0608. The molecule has 1 aromatic heterocycles. The number of hydrogen-bond acceptors (Lipinski definition) is 4. The van der Waals surface area contributed by atoms with E-state index >= 15 is 0 Å². The Labute approximate surface area is 145 Å². The molecule has 1 aliphatic rings. The van der Waals surface area contributed by atoms with Crippen molar-refractivity contribution in [3.05, 3.63) is 74.0 Å². The van der Waals surface area contributed by atoms with E-state index < -0.39 is 6.04 Å². The Morgan fingerprint density at radius 3 is 2.71 bits per heavy atom. The van der Waals surface area contributed by atoms with Gasteiger partial charge in [0, 0.05) is 11.5 Å². The standard InChI is InChI=1S/C18H12BrNO4/c1-20-15(9-3-2-4-11(21)7-9)14-16(22)12-8-10(19)5-6-13(12)24-17(14)18(20)23/h2-8,15,21H,1H3. The highest BCUT2D eigenvalue weighted by Gasteiger charge is 2.40. The molecule has 1 aliphatic heterocycles. The third-order valence-corrected chi connectivity index (χ3v) is 4.74. The van der Waals surface area contributed by atoms with Crippen LogP contribution in [0, 0.1) is 0 Å². The van der Waals surface area contributed by atoms with Gasteiger partial charge in [0.1, 0.15) is 11.3 Å². The number of rotatable bonds is 1. The zero-order valence-corrected chi connectivity index (χ0v) is 14.2. The fourth-order valence-electron chi connectivity index (χ4n) is 3.15. The Bertz CT molecular complexity index is 1060. The predicted octanol–water partition coefficient (Wildman–Crippen LogP) is 3.44. The van der Waals surface area contributed by atoms with Gasteiger partial charge in [0.25, 0.3) is 5.91 Å². The van der Waals surface area contributed by atoms with E-state index in [-0.39, 0.29) is 22.8 Å². The van der Waals surface area contributed by atoms with Crippen LogP contribution in [-0.4, -0.2) is 23.0 Å². The Balaban J connectivity index is 2.05. The second-order valence-electron chi connectivity index (χ2n) is 5.73. The lowest BCUT2D eigenvalue weighted by atomic mass is 9.98. The summed E-state index contributed by atoms with van der Waals surface area (Å²) in [7, 11) is 1.62. The number of nitrogens with zero attached hydrogens (tertiary/aromatic N) is 1. The number of halogens is 1. The molecule has 0 bridgehead atoms. The molecular formula is C18H12BrNO4. The van der Waals surface area contributed by atoms with Crippen molar-refractivity contribution in [1.82, 2.24) is 4.90 Å². The molecule has 2 heterocycles. The molecule has 5 nitrogen and oxygen atoms in total. The smallest absolute Gasteiger partial charge is 0.290 e. The summed E-state index contributed by atoms with van der Waals surface area (Å²) >= 11 is 3.35. The van der Waals surface area contributed by atoms with Gasteiger partial charge in [-0.1, -0.05) is 28.1 Å². The first-order valence-electron chi connectivity index (χ1n) is 7.29. The Morgan fingerprint density at radius 1 is 1.17 bits per heavy atom. The number of carbonyl (C=O) groups is 1. The minimum atomic E-state index is -0.584. The summed E-state index contributed by atoms with van der Waals surface area (Å²) in [5.41, 5.74) is 1.10. The summed E-state index contributed by atoms with van der Waals surface area (Å²) in [5, 5.41) is 10.2. The number of fused-ring (bicyclic) bond motifs is 2. The summed E-state index contributed by atoms with van der Waals surface area (Å²) in [6.07, 6.45) is 0. The fourth-order valence-corrected chi connectivity index (χ4v) is 3.51. The van der Waals surface area contributed by atoms with Gasteiger partial charge in [-0.05, 0) is 35.9 Å². The highest BCUT2D eigenvalue weighted by molar-refractivity contribution is 9.10. The van der Waals surface area contributed by atoms with E-state index in [4.69, 9.17) is 4.42 Å². The molecule has 2 aromatic carbocycles. The molecule has 0 saturated heterocycles. The summed E-state index contributed by atoms with van der Waals surface area (Å²) in [5.74, 6) is -0.208. The van der Waals surface area contributed by atoms with Crippen molar-refractivity contribution >= 4 is 32.8 Å². The maximum Gasteiger partial charge on any atom is 0.290 e. The van der Waals surface area contributed by atoms with Gasteiger partial charge in [-0.15, -0.1) is 0 Å². The van der Waals surface area contributed by atoms with Crippen molar-refractivity contribution in [3.8, 4) is 5.75 Å². The molecule has 120 valence electrons. The molecule has 24 heavy (non-hydrogen) atoms. The van der Waals surface area contributed by atoms with Crippen molar-refractivity contribution < 1.29 is 14.3 Å². The molecule has 0 fully saturated rings. The fraction of sp³-hybridized carbons (Fsp3) is 0.111. The number of phenolic OH excluding ortho intramolecular Hbond substituents is 1. The molecule has 0 saturated carbocycles. The molecule has 1 amide bonds. The lowest BCUT2D eigenvalue weighted by molar-refractivity contribution is 0.0771. The number of carbonyl (C=O) groups excluding carboxylic acids is 1. The summed E-state index contributed by atoms with van der Waals surface area (Å²) in [4.78, 5) is 27.0. The van der Waals surface area contributed by atoms with Gasteiger partial charge in [-0.3, -0.25) is 9.59 Å². The monoisotopic (exact) mass is 385 g/mol. The van der Waals surface area contributed by atoms with Gasteiger partial charge in [0.15, 0.2) is 5.43 Å². The lowest BCUT2D eigenvalue weighted by Crippen LogP contribution is -2.25. The maximum atomic E-state index is 13.0. The van der Waals surface area contributed by atoms with E-state index in [0.717, 1.165) is 4.47 Å². The highest BCUT2D eigenvalue weighted by Crippen LogP contribution is 2.37. The largest absolute Gasteiger partial charge is 0.508 e. The molecule has 1 atom stereocenters. The van der Waals surface area contributed by atoms with Crippen LogP contribution in [0.5, 0.6) is 5.75 Å². The SMILES string of the molecule is CN1C(=O)c2oc3ccc(Br)cc3c(=O)c2C1c1cccc(O)c1. The Kier molecular flexibility index (Phi) is 3.25. The van der Waals surface area contributed by atoms with Gasteiger partial charge in [-0.25, -0.2) is 0 Å². The van der Waals surface area contributed by atoms with Crippen LogP contribution in [0.2, 0.25) is 0 Å². The van der Waals surface area contributed by atoms with Gasteiger partial charge >= 0.3 is 0 Å². The molecular weight excluding hydrogens is 374 g/mol. The summed E-state index contributed by atoms with van der Waals surface area (Å²) in [6.45, 7) is 0. The second kappa shape index (κ2) is 5.21.